The maximum atomic E-state index is 8.25. The van der Waals surface area contributed by atoms with Crippen LogP contribution < -0.4 is 0 Å². The van der Waals surface area contributed by atoms with Crippen molar-refractivity contribution in [2.75, 3.05) is 5.88 Å². The molecule has 0 radical (unpaired) electrons. The molecule has 2 N–H and O–H groups in total. The summed E-state index contributed by atoms with van der Waals surface area (Å²) >= 11 is 5.27. The van der Waals surface area contributed by atoms with Crippen LogP contribution in [-0.4, -0.2) is 23.0 Å². The van der Waals surface area contributed by atoms with Crippen LogP contribution in [0.1, 0.15) is 0 Å². The number of hydrogen-bond acceptors (Lipinski definition) is 2. The average Bonchev–Trinajstić information content (AvgIpc) is 1.80. The highest BCUT2D eigenvalue weighted by atomic mass is 35.5. The molecule has 0 saturated carbocycles. The van der Waals surface area contributed by atoms with E-state index in [0.29, 0.717) is 5.88 Å². The molecule has 0 aliphatic heterocycles. The normalized spacial score (nSPS) is 11.4. The second-order valence-electron chi connectivity index (χ2n) is 1.38. The third-order valence-electron chi connectivity index (χ3n) is 0.620. The Morgan fingerprint density at radius 2 is 2.00 bits per heavy atom. The van der Waals surface area contributed by atoms with Gasteiger partial charge < -0.3 is 10.0 Å². The van der Waals surface area contributed by atoms with Crippen LogP contribution in [-0.2, 0) is 0 Å². The second-order valence-corrected chi connectivity index (χ2v) is 1.69. The zero-order valence-corrected chi connectivity index (χ0v) is 5.62. The predicted octanol–water partition coefficient (Wildman–Crippen LogP) is 0.350. The number of hydrogen-bond donors (Lipinski definition) is 2. The minimum absolute atomic E-state index is 0.436. The van der Waals surface area contributed by atoms with E-state index in [1.807, 2.05) is 0 Å². The molecule has 0 spiro atoms. The highest BCUT2D eigenvalue weighted by Crippen LogP contribution is 1.80. The summed E-state index contributed by atoms with van der Waals surface area (Å²) in [4.78, 5) is 0. The monoisotopic (exact) mass is 146 g/mol. The molecule has 0 unspecified atom stereocenters. The summed E-state index contributed by atoms with van der Waals surface area (Å²) in [6.45, 7) is 0. The Morgan fingerprint density at radius 1 is 1.33 bits per heavy atom. The lowest BCUT2D eigenvalue weighted by Crippen LogP contribution is -2.04. The predicted molar refractivity (Wildman–Crippen MR) is 39.2 cm³/mol. The van der Waals surface area contributed by atoms with Gasteiger partial charge in [-0.15, -0.1) is 11.6 Å². The van der Waals surface area contributed by atoms with E-state index in [1.165, 1.54) is 12.1 Å². The zero-order chi connectivity index (χ0) is 7.11. The van der Waals surface area contributed by atoms with Crippen LogP contribution in [0.3, 0.4) is 0 Å². The van der Waals surface area contributed by atoms with E-state index in [2.05, 4.69) is 0 Å². The molecule has 9 heavy (non-hydrogen) atoms. The molecule has 0 fully saturated rings. The van der Waals surface area contributed by atoms with Gasteiger partial charge in [-0.3, -0.25) is 0 Å². The number of rotatable bonds is 3. The molecular weight excluding hydrogens is 138 g/mol. The molecular formula is C5H8BClO2. The maximum Gasteiger partial charge on any atom is 0.480 e. The zero-order valence-electron chi connectivity index (χ0n) is 4.87. The van der Waals surface area contributed by atoms with E-state index in [0.717, 1.165) is 0 Å². The summed E-state index contributed by atoms with van der Waals surface area (Å²) in [5.41, 5.74) is 0. The van der Waals surface area contributed by atoms with Crippen molar-refractivity contribution in [1.29, 1.82) is 0 Å². The van der Waals surface area contributed by atoms with Crippen LogP contribution in [0, 0.1) is 0 Å². The van der Waals surface area contributed by atoms with Gasteiger partial charge >= 0.3 is 7.12 Å². The summed E-state index contributed by atoms with van der Waals surface area (Å²) in [5, 5.41) is 16.5. The average molecular weight is 146 g/mol. The lowest BCUT2D eigenvalue weighted by molar-refractivity contribution is 0.424. The fourth-order valence-corrected chi connectivity index (χ4v) is 0.396. The van der Waals surface area contributed by atoms with Crippen LogP contribution in [0.2, 0.25) is 0 Å². The van der Waals surface area contributed by atoms with Crippen molar-refractivity contribution >= 4 is 18.7 Å². The fraction of sp³-hybridized carbons (Fsp3) is 0.200. The Labute approximate surface area is 59.6 Å². The molecule has 4 heteroatoms. The second kappa shape index (κ2) is 5.88. The highest BCUT2D eigenvalue weighted by molar-refractivity contribution is 6.47. The van der Waals surface area contributed by atoms with E-state index in [-0.39, 0.29) is 0 Å². The van der Waals surface area contributed by atoms with Crippen LogP contribution in [0.4, 0.5) is 0 Å². The van der Waals surface area contributed by atoms with Crippen molar-refractivity contribution in [3.05, 3.63) is 24.2 Å². The van der Waals surface area contributed by atoms with Crippen molar-refractivity contribution in [3.63, 3.8) is 0 Å². The van der Waals surface area contributed by atoms with E-state index >= 15 is 0 Å². The first-order valence-corrected chi connectivity index (χ1v) is 3.06. The smallest absolute Gasteiger partial charge is 0.424 e. The largest absolute Gasteiger partial charge is 0.480 e. The summed E-state index contributed by atoms with van der Waals surface area (Å²) in [6, 6.07) is 0. The van der Waals surface area contributed by atoms with Crippen LogP contribution in [0.5, 0.6) is 0 Å². The number of alkyl halides is 1. The molecule has 0 atom stereocenters. The third kappa shape index (κ3) is 7.75. The first-order chi connectivity index (χ1) is 4.27. The van der Waals surface area contributed by atoms with Gasteiger partial charge in [0, 0.05) is 5.88 Å². The third-order valence-corrected chi connectivity index (χ3v) is 0.798. The molecule has 0 bridgehead atoms. The lowest BCUT2D eigenvalue weighted by atomic mass is 9.92. The van der Waals surface area contributed by atoms with Gasteiger partial charge in [-0.1, -0.05) is 24.2 Å². The minimum atomic E-state index is -1.37. The van der Waals surface area contributed by atoms with Gasteiger partial charge in [-0.2, -0.15) is 0 Å². The molecule has 0 aromatic heterocycles. The Balaban J connectivity index is 3.35. The Kier molecular flexibility index (Phi) is 5.72. The molecule has 0 rings (SSSR count). The van der Waals surface area contributed by atoms with Gasteiger partial charge in [-0.05, 0) is 0 Å². The first-order valence-electron chi connectivity index (χ1n) is 2.53. The minimum Gasteiger partial charge on any atom is -0.424 e. The standard InChI is InChI=1S/C5H8BClO2/c7-5-3-1-2-4-6(8)9/h1-4,8-9H,5H2/b3-1?,4-2+. The van der Waals surface area contributed by atoms with E-state index < -0.39 is 7.12 Å². The molecule has 0 saturated heterocycles. The van der Waals surface area contributed by atoms with Crippen LogP contribution in [0.25, 0.3) is 0 Å². The number of halogens is 1. The van der Waals surface area contributed by atoms with Gasteiger partial charge in [-0.25, -0.2) is 0 Å². The number of allylic oxidation sites excluding steroid dienone is 3. The summed E-state index contributed by atoms with van der Waals surface area (Å²) < 4.78 is 0. The van der Waals surface area contributed by atoms with Crippen LogP contribution >= 0.6 is 11.6 Å². The highest BCUT2D eigenvalue weighted by Gasteiger charge is 1.94. The SMILES string of the molecule is OB(O)/C=C/C=CCCl. The Morgan fingerprint density at radius 3 is 2.44 bits per heavy atom. The molecule has 0 aromatic carbocycles. The Hall–Kier alpha value is -0.245. The molecule has 0 aliphatic rings. The van der Waals surface area contributed by atoms with Crippen molar-refractivity contribution < 1.29 is 10.0 Å². The maximum absolute atomic E-state index is 8.25. The summed E-state index contributed by atoms with van der Waals surface area (Å²) in [7, 11) is -1.37. The van der Waals surface area contributed by atoms with Crippen molar-refractivity contribution in [1.82, 2.24) is 0 Å². The van der Waals surface area contributed by atoms with Gasteiger partial charge in [0.25, 0.3) is 0 Å². The van der Waals surface area contributed by atoms with E-state index in [4.69, 9.17) is 21.6 Å². The quantitative estimate of drug-likeness (QED) is 0.343. The van der Waals surface area contributed by atoms with Gasteiger partial charge in [0.2, 0.25) is 0 Å². The van der Waals surface area contributed by atoms with E-state index in [9.17, 15) is 0 Å². The molecule has 50 valence electrons. The van der Waals surface area contributed by atoms with Crippen molar-refractivity contribution in [2.24, 2.45) is 0 Å². The van der Waals surface area contributed by atoms with Crippen LogP contribution in [0.15, 0.2) is 24.2 Å². The van der Waals surface area contributed by atoms with Crippen molar-refractivity contribution in [2.45, 2.75) is 0 Å². The lowest BCUT2D eigenvalue weighted by Gasteiger charge is -1.80. The first kappa shape index (κ1) is 8.75. The van der Waals surface area contributed by atoms with Gasteiger partial charge in [0.05, 0.1) is 0 Å². The van der Waals surface area contributed by atoms with Gasteiger partial charge in [0.1, 0.15) is 0 Å². The fourth-order valence-electron chi connectivity index (χ4n) is 0.294. The van der Waals surface area contributed by atoms with Crippen molar-refractivity contribution in [3.8, 4) is 0 Å². The molecule has 0 aliphatic carbocycles. The topological polar surface area (TPSA) is 40.5 Å². The van der Waals surface area contributed by atoms with E-state index in [1.54, 1.807) is 12.2 Å². The molecule has 0 aromatic rings. The van der Waals surface area contributed by atoms with Gasteiger partial charge in [0.15, 0.2) is 0 Å². The Bertz CT molecular complexity index is 112. The molecule has 0 amide bonds. The molecule has 0 heterocycles. The summed E-state index contributed by atoms with van der Waals surface area (Å²) in [5.74, 6) is 1.68. The molecule has 2 nitrogen and oxygen atoms in total. The summed E-state index contributed by atoms with van der Waals surface area (Å²) in [6.07, 6.45) is 4.86.